The van der Waals surface area contributed by atoms with Gasteiger partial charge in [-0.05, 0) is 46.3 Å². The van der Waals surface area contributed by atoms with Crippen LogP contribution in [0.2, 0.25) is 0 Å². The first-order valence-electron chi connectivity index (χ1n) is 7.20. The molecule has 4 nitrogen and oxygen atoms in total. The Morgan fingerprint density at radius 1 is 1.24 bits per heavy atom. The Hall–Kier alpha value is -2.32. The Morgan fingerprint density at radius 3 is 2.88 bits per heavy atom. The topological polar surface area (TPSA) is 51.2 Å². The van der Waals surface area contributed by atoms with Gasteiger partial charge in [-0.25, -0.2) is 13.8 Å². The lowest BCUT2D eigenvalue weighted by Gasteiger charge is -2.16. The number of hydrogen-bond donors (Lipinski definition) is 1. The number of aromatic nitrogens is 1. The predicted octanol–water partition coefficient (Wildman–Crippen LogP) is 5.00. The van der Waals surface area contributed by atoms with Gasteiger partial charge in [0.2, 0.25) is 0 Å². The highest BCUT2D eigenvalue weighted by molar-refractivity contribution is 9.10. The summed E-state index contributed by atoms with van der Waals surface area (Å²) in [5.74, 6) is -1.35. The number of rotatable bonds is 2. The molecule has 25 heavy (non-hydrogen) atoms. The van der Waals surface area contributed by atoms with Crippen molar-refractivity contribution in [2.24, 2.45) is 0 Å². The summed E-state index contributed by atoms with van der Waals surface area (Å²) in [6.07, 6.45) is 0. The zero-order valence-electron chi connectivity index (χ0n) is 12.5. The number of ether oxygens (including phenoxy) is 1. The van der Waals surface area contributed by atoms with Gasteiger partial charge in [0.1, 0.15) is 34.3 Å². The second-order valence-electron chi connectivity index (χ2n) is 5.31. The standard InChI is InChI=1S/C17H9BrF2N2O2S/c18-14-4-3-12-15(22-14)16-8(7-24-12)5-13(25-16)17(23)21-11-2-1-9(19)6-10(11)20/h1-6H,7H2,(H,21,23). The number of nitrogens with zero attached hydrogens (tertiary/aromatic N) is 1. The number of amides is 1. The fraction of sp³-hybridized carbons (Fsp3) is 0.0588. The minimum Gasteiger partial charge on any atom is -0.487 e. The number of anilines is 1. The van der Waals surface area contributed by atoms with E-state index < -0.39 is 17.5 Å². The summed E-state index contributed by atoms with van der Waals surface area (Å²) in [5.41, 5.74) is 1.43. The first-order valence-corrected chi connectivity index (χ1v) is 8.81. The molecule has 4 rings (SSSR count). The molecular weight excluding hydrogens is 414 g/mol. The van der Waals surface area contributed by atoms with Gasteiger partial charge in [-0.3, -0.25) is 4.79 Å². The van der Waals surface area contributed by atoms with Crippen LogP contribution in [-0.4, -0.2) is 10.9 Å². The van der Waals surface area contributed by atoms with Gasteiger partial charge in [0, 0.05) is 11.6 Å². The molecule has 2 aromatic heterocycles. The van der Waals surface area contributed by atoms with Crippen LogP contribution in [0.15, 0.2) is 41.0 Å². The van der Waals surface area contributed by atoms with Crippen molar-refractivity contribution < 1.29 is 18.3 Å². The van der Waals surface area contributed by atoms with Gasteiger partial charge in [0.25, 0.3) is 5.91 Å². The van der Waals surface area contributed by atoms with Gasteiger partial charge >= 0.3 is 0 Å². The molecule has 126 valence electrons. The molecule has 1 amide bonds. The van der Waals surface area contributed by atoms with Crippen molar-refractivity contribution in [1.29, 1.82) is 0 Å². The van der Waals surface area contributed by atoms with Crippen molar-refractivity contribution >= 4 is 38.9 Å². The first-order chi connectivity index (χ1) is 12.0. The zero-order chi connectivity index (χ0) is 17.6. The van der Waals surface area contributed by atoms with Gasteiger partial charge in [-0.1, -0.05) is 0 Å². The lowest BCUT2D eigenvalue weighted by Crippen LogP contribution is -2.11. The number of carbonyl (C=O) groups is 1. The molecule has 0 saturated carbocycles. The average Bonchev–Trinajstić information content (AvgIpc) is 3.02. The monoisotopic (exact) mass is 422 g/mol. The summed E-state index contributed by atoms with van der Waals surface area (Å²) < 4.78 is 33.0. The summed E-state index contributed by atoms with van der Waals surface area (Å²) in [6, 6.07) is 8.28. The van der Waals surface area contributed by atoms with Crippen LogP contribution in [0.4, 0.5) is 14.5 Å². The molecule has 0 aliphatic carbocycles. The van der Waals surface area contributed by atoms with Gasteiger partial charge in [0.15, 0.2) is 0 Å². The summed E-state index contributed by atoms with van der Waals surface area (Å²) >= 11 is 4.57. The normalized spacial score (nSPS) is 12.1. The van der Waals surface area contributed by atoms with E-state index in [-0.39, 0.29) is 5.69 Å². The fourth-order valence-corrected chi connectivity index (χ4v) is 3.85. The summed E-state index contributed by atoms with van der Waals surface area (Å²) in [6.45, 7) is 0.334. The van der Waals surface area contributed by atoms with Crippen molar-refractivity contribution in [3.63, 3.8) is 0 Å². The molecule has 3 heterocycles. The molecule has 1 aromatic carbocycles. The predicted molar refractivity (Wildman–Crippen MR) is 93.9 cm³/mol. The van der Waals surface area contributed by atoms with E-state index in [9.17, 15) is 13.6 Å². The minimum absolute atomic E-state index is 0.0738. The minimum atomic E-state index is -0.825. The van der Waals surface area contributed by atoms with Gasteiger partial charge < -0.3 is 10.1 Å². The van der Waals surface area contributed by atoms with Crippen molar-refractivity contribution in [2.45, 2.75) is 6.61 Å². The third kappa shape index (κ3) is 3.03. The number of fused-ring (bicyclic) bond motifs is 3. The van der Waals surface area contributed by atoms with Crippen molar-refractivity contribution in [3.05, 3.63) is 63.1 Å². The molecule has 0 spiro atoms. The van der Waals surface area contributed by atoms with Crippen LogP contribution in [0, 0.1) is 11.6 Å². The molecule has 0 fully saturated rings. The Morgan fingerprint density at radius 2 is 2.08 bits per heavy atom. The van der Waals surface area contributed by atoms with Crippen molar-refractivity contribution in [3.8, 4) is 16.3 Å². The Bertz CT molecular complexity index is 1010. The summed E-state index contributed by atoms with van der Waals surface area (Å²) in [5, 5.41) is 2.46. The lowest BCUT2D eigenvalue weighted by atomic mass is 10.1. The van der Waals surface area contributed by atoms with Gasteiger partial charge in [-0.2, -0.15) is 0 Å². The second-order valence-corrected chi connectivity index (χ2v) is 7.18. The van der Waals surface area contributed by atoms with E-state index in [0.29, 0.717) is 27.5 Å². The van der Waals surface area contributed by atoms with Crippen LogP contribution < -0.4 is 10.1 Å². The van der Waals surface area contributed by atoms with E-state index in [1.807, 2.05) is 6.07 Å². The smallest absolute Gasteiger partial charge is 0.265 e. The summed E-state index contributed by atoms with van der Waals surface area (Å²) in [4.78, 5) is 18.1. The fourth-order valence-electron chi connectivity index (χ4n) is 2.48. The van der Waals surface area contributed by atoms with E-state index in [1.54, 1.807) is 12.1 Å². The average molecular weight is 423 g/mol. The molecule has 0 bridgehead atoms. The van der Waals surface area contributed by atoms with E-state index in [0.717, 1.165) is 22.6 Å². The maximum atomic E-state index is 13.7. The van der Waals surface area contributed by atoms with Crippen LogP contribution in [0.25, 0.3) is 10.6 Å². The largest absolute Gasteiger partial charge is 0.487 e. The van der Waals surface area contributed by atoms with E-state index in [4.69, 9.17) is 4.74 Å². The maximum Gasteiger partial charge on any atom is 0.265 e. The van der Waals surface area contributed by atoms with Crippen LogP contribution >= 0.6 is 27.3 Å². The SMILES string of the molecule is O=C(Nc1ccc(F)cc1F)c1cc2c(s1)-c1nc(Br)ccc1OC2. The third-order valence-corrected chi connectivity index (χ3v) is 5.26. The van der Waals surface area contributed by atoms with Crippen LogP contribution in [-0.2, 0) is 6.61 Å². The number of pyridine rings is 1. The van der Waals surface area contributed by atoms with Crippen molar-refractivity contribution in [2.75, 3.05) is 5.32 Å². The quantitative estimate of drug-likeness (QED) is 0.591. The Balaban J connectivity index is 1.66. The number of hydrogen-bond acceptors (Lipinski definition) is 4. The van der Waals surface area contributed by atoms with Gasteiger partial charge in [-0.15, -0.1) is 11.3 Å². The van der Waals surface area contributed by atoms with Crippen LogP contribution in [0.3, 0.4) is 0 Å². The van der Waals surface area contributed by atoms with E-state index >= 15 is 0 Å². The zero-order valence-corrected chi connectivity index (χ0v) is 14.9. The van der Waals surface area contributed by atoms with Crippen LogP contribution in [0.1, 0.15) is 15.2 Å². The highest BCUT2D eigenvalue weighted by Crippen LogP contribution is 2.42. The highest BCUT2D eigenvalue weighted by atomic mass is 79.9. The third-order valence-electron chi connectivity index (χ3n) is 3.63. The number of thiophene rings is 1. The molecule has 0 saturated heterocycles. The first kappa shape index (κ1) is 16.2. The summed E-state index contributed by atoms with van der Waals surface area (Å²) in [7, 11) is 0. The molecule has 0 radical (unpaired) electrons. The number of benzene rings is 1. The maximum absolute atomic E-state index is 13.7. The Labute approximate surface area is 153 Å². The molecule has 1 N–H and O–H groups in total. The molecule has 0 unspecified atom stereocenters. The molecule has 8 heteroatoms. The molecule has 1 aliphatic rings. The highest BCUT2D eigenvalue weighted by Gasteiger charge is 2.24. The molecule has 3 aromatic rings. The Kier molecular flexibility index (Phi) is 4.01. The molecule has 1 aliphatic heterocycles. The molecule has 0 atom stereocenters. The molecular formula is C17H9BrF2N2O2S. The van der Waals surface area contributed by atoms with E-state index in [2.05, 4.69) is 26.2 Å². The number of carbonyl (C=O) groups excluding carboxylic acids is 1. The lowest BCUT2D eigenvalue weighted by molar-refractivity contribution is 0.103. The van der Waals surface area contributed by atoms with Crippen LogP contribution in [0.5, 0.6) is 5.75 Å². The van der Waals surface area contributed by atoms with E-state index in [1.165, 1.54) is 17.4 Å². The van der Waals surface area contributed by atoms with Gasteiger partial charge in [0.05, 0.1) is 15.4 Å². The number of nitrogens with one attached hydrogen (secondary N) is 1. The second kappa shape index (κ2) is 6.20. The number of halogens is 3. The van der Waals surface area contributed by atoms with Crippen molar-refractivity contribution in [1.82, 2.24) is 4.98 Å².